The number of benzene rings is 1. The third-order valence-electron chi connectivity index (χ3n) is 3.70. The third kappa shape index (κ3) is 2.15. The maximum absolute atomic E-state index is 11.8. The van der Waals surface area contributed by atoms with Crippen LogP contribution >= 0.6 is 0 Å². The van der Waals surface area contributed by atoms with E-state index >= 15 is 0 Å². The highest BCUT2D eigenvalue weighted by Gasteiger charge is 2.43. The first-order valence-electron chi connectivity index (χ1n) is 6.46. The molecule has 5 heteroatoms. The Balaban J connectivity index is 1.97. The molecule has 0 spiro atoms. The number of aromatic amines is 1. The van der Waals surface area contributed by atoms with Crippen molar-refractivity contribution in [3.8, 4) is 11.5 Å². The normalized spacial score (nSPS) is 15.8. The second-order valence-corrected chi connectivity index (χ2v) is 5.16. The van der Waals surface area contributed by atoms with Crippen LogP contribution < -0.4 is 14.9 Å². The largest absolute Gasteiger partial charge is 0.493 e. The number of aldehydes is 1. The number of fused-ring (bicyclic) bond motifs is 1. The molecule has 0 saturated heterocycles. The van der Waals surface area contributed by atoms with Crippen molar-refractivity contribution in [1.82, 2.24) is 4.98 Å². The van der Waals surface area contributed by atoms with Crippen molar-refractivity contribution < 1.29 is 14.3 Å². The molecule has 2 aromatic rings. The lowest BCUT2D eigenvalue weighted by molar-refractivity contribution is -0.113. The van der Waals surface area contributed by atoms with Gasteiger partial charge in [-0.05, 0) is 18.9 Å². The molecule has 1 heterocycles. The van der Waals surface area contributed by atoms with Crippen molar-refractivity contribution in [3.05, 3.63) is 34.6 Å². The van der Waals surface area contributed by atoms with E-state index < -0.39 is 0 Å². The van der Waals surface area contributed by atoms with Crippen LogP contribution in [0.2, 0.25) is 0 Å². The van der Waals surface area contributed by atoms with E-state index in [1.54, 1.807) is 18.3 Å². The van der Waals surface area contributed by atoms with Gasteiger partial charge in [-0.3, -0.25) is 4.79 Å². The first-order chi connectivity index (χ1) is 9.67. The van der Waals surface area contributed by atoms with Gasteiger partial charge in [0.25, 0.3) is 0 Å². The Hall–Kier alpha value is -2.30. The summed E-state index contributed by atoms with van der Waals surface area (Å²) in [5, 5.41) is 0.549. The van der Waals surface area contributed by atoms with Gasteiger partial charge < -0.3 is 19.3 Å². The quantitative estimate of drug-likeness (QED) is 0.845. The summed E-state index contributed by atoms with van der Waals surface area (Å²) in [5.74, 6) is 1.03. The van der Waals surface area contributed by atoms with E-state index in [9.17, 15) is 9.59 Å². The number of nitrogens with one attached hydrogen (secondary N) is 1. The number of pyridine rings is 1. The maximum Gasteiger partial charge on any atom is 0.189 e. The predicted octanol–water partition coefficient (Wildman–Crippen LogP) is 1.89. The highest BCUT2D eigenvalue weighted by Crippen LogP contribution is 2.44. The van der Waals surface area contributed by atoms with Gasteiger partial charge in [-0.15, -0.1) is 0 Å². The van der Waals surface area contributed by atoms with Crippen LogP contribution in [0.4, 0.5) is 0 Å². The molecule has 104 valence electrons. The third-order valence-corrected chi connectivity index (χ3v) is 3.70. The fourth-order valence-corrected chi connectivity index (χ4v) is 2.13. The number of rotatable bonds is 5. The van der Waals surface area contributed by atoms with Gasteiger partial charge in [0.2, 0.25) is 0 Å². The molecule has 0 amide bonds. The second-order valence-electron chi connectivity index (χ2n) is 5.16. The van der Waals surface area contributed by atoms with Crippen LogP contribution in [0.15, 0.2) is 29.2 Å². The average Bonchev–Trinajstić information content (AvgIpc) is 3.25. The van der Waals surface area contributed by atoms with Crippen molar-refractivity contribution in [3.63, 3.8) is 0 Å². The van der Waals surface area contributed by atoms with Crippen LogP contribution in [0.25, 0.3) is 10.9 Å². The molecule has 1 aromatic carbocycles. The van der Waals surface area contributed by atoms with E-state index in [-0.39, 0.29) is 10.8 Å². The number of carbonyl (C=O) groups excluding carboxylic acids is 1. The van der Waals surface area contributed by atoms with Gasteiger partial charge in [0.15, 0.2) is 16.9 Å². The zero-order chi connectivity index (χ0) is 14.2. The van der Waals surface area contributed by atoms with Crippen molar-refractivity contribution in [2.75, 3.05) is 13.7 Å². The Morgan fingerprint density at radius 2 is 2.15 bits per heavy atom. The van der Waals surface area contributed by atoms with Gasteiger partial charge in [-0.1, -0.05) is 0 Å². The topological polar surface area (TPSA) is 68.4 Å². The SMILES string of the molecule is COc1cc2c(=O)cc[nH]c2cc1OCC1(C=O)CC1. The zero-order valence-electron chi connectivity index (χ0n) is 11.1. The van der Waals surface area contributed by atoms with Gasteiger partial charge in [0.1, 0.15) is 12.9 Å². The number of ether oxygens (including phenoxy) is 2. The first-order valence-corrected chi connectivity index (χ1v) is 6.46. The van der Waals surface area contributed by atoms with E-state index in [0.717, 1.165) is 19.1 Å². The summed E-state index contributed by atoms with van der Waals surface area (Å²) in [6, 6.07) is 4.86. The predicted molar refractivity (Wildman–Crippen MR) is 74.3 cm³/mol. The van der Waals surface area contributed by atoms with Gasteiger partial charge in [0, 0.05) is 23.7 Å². The molecular formula is C15H15NO4. The van der Waals surface area contributed by atoms with Crippen molar-refractivity contribution in [2.24, 2.45) is 5.41 Å². The summed E-state index contributed by atoms with van der Waals surface area (Å²) in [6.45, 7) is 0.343. The van der Waals surface area contributed by atoms with Crippen LogP contribution in [0.5, 0.6) is 11.5 Å². The lowest BCUT2D eigenvalue weighted by Crippen LogP contribution is -2.14. The minimum absolute atomic E-state index is 0.0739. The highest BCUT2D eigenvalue weighted by molar-refractivity contribution is 5.82. The van der Waals surface area contributed by atoms with E-state index in [1.807, 2.05) is 0 Å². The molecule has 1 fully saturated rings. The number of hydrogen-bond donors (Lipinski definition) is 1. The number of hydrogen-bond acceptors (Lipinski definition) is 4. The molecule has 1 aromatic heterocycles. The molecule has 20 heavy (non-hydrogen) atoms. The Labute approximate surface area is 115 Å². The van der Waals surface area contributed by atoms with E-state index in [0.29, 0.717) is 29.0 Å². The summed E-state index contributed by atoms with van der Waals surface area (Å²) < 4.78 is 11.0. The standard InChI is InChI=1S/C15H15NO4/c1-19-13-6-10-11(16-5-2-12(10)18)7-14(13)20-9-15(8-17)3-4-15/h2,5-8H,3-4,9H2,1H3,(H,16,18). The molecule has 0 aliphatic heterocycles. The molecule has 1 aliphatic rings. The monoisotopic (exact) mass is 273 g/mol. The minimum atomic E-state index is -0.329. The van der Waals surface area contributed by atoms with E-state index in [1.165, 1.54) is 13.2 Å². The number of H-pyrrole nitrogens is 1. The molecule has 1 aliphatic carbocycles. The van der Waals surface area contributed by atoms with Crippen LogP contribution in [-0.4, -0.2) is 25.0 Å². The van der Waals surface area contributed by atoms with Crippen molar-refractivity contribution >= 4 is 17.2 Å². The Morgan fingerprint density at radius 3 is 2.80 bits per heavy atom. The van der Waals surface area contributed by atoms with Crippen LogP contribution in [0.3, 0.4) is 0 Å². The molecule has 1 saturated carbocycles. The van der Waals surface area contributed by atoms with Crippen LogP contribution in [0, 0.1) is 5.41 Å². The smallest absolute Gasteiger partial charge is 0.189 e. The first kappa shape index (κ1) is 12.7. The molecule has 0 radical (unpaired) electrons. The van der Waals surface area contributed by atoms with Gasteiger partial charge in [0.05, 0.1) is 18.0 Å². The van der Waals surface area contributed by atoms with Gasteiger partial charge in [-0.25, -0.2) is 0 Å². The van der Waals surface area contributed by atoms with Crippen molar-refractivity contribution in [1.29, 1.82) is 0 Å². The van der Waals surface area contributed by atoms with Gasteiger partial charge >= 0.3 is 0 Å². The van der Waals surface area contributed by atoms with Crippen molar-refractivity contribution in [2.45, 2.75) is 12.8 Å². The Kier molecular flexibility index (Phi) is 2.97. The minimum Gasteiger partial charge on any atom is -0.493 e. The molecule has 0 atom stereocenters. The summed E-state index contributed by atoms with van der Waals surface area (Å²) >= 11 is 0. The van der Waals surface area contributed by atoms with Gasteiger partial charge in [-0.2, -0.15) is 0 Å². The number of methoxy groups -OCH3 is 1. The fraction of sp³-hybridized carbons (Fsp3) is 0.333. The summed E-state index contributed by atoms with van der Waals surface area (Å²) in [6.07, 6.45) is 4.28. The fourth-order valence-electron chi connectivity index (χ4n) is 2.13. The summed E-state index contributed by atoms with van der Waals surface area (Å²) in [7, 11) is 1.53. The Bertz CT molecular complexity index is 715. The Morgan fingerprint density at radius 1 is 1.35 bits per heavy atom. The lowest BCUT2D eigenvalue weighted by atomic mass is 10.1. The van der Waals surface area contributed by atoms with Crippen LogP contribution in [-0.2, 0) is 4.79 Å². The van der Waals surface area contributed by atoms with E-state index in [4.69, 9.17) is 9.47 Å². The average molecular weight is 273 g/mol. The van der Waals surface area contributed by atoms with E-state index in [2.05, 4.69) is 4.98 Å². The number of carbonyl (C=O) groups is 1. The number of aromatic nitrogens is 1. The lowest BCUT2D eigenvalue weighted by Gasteiger charge is -2.14. The molecule has 1 N–H and O–H groups in total. The summed E-state index contributed by atoms with van der Waals surface area (Å²) in [5.41, 5.74) is 0.281. The molecular weight excluding hydrogens is 258 g/mol. The zero-order valence-corrected chi connectivity index (χ0v) is 11.1. The molecule has 5 nitrogen and oxygen atoms in total. The molecule has 0 bridgehead atoms. The second kappa shape index (κ2) is 4.67. The highest BCUT2D eigenvalue weighted by atomic mass is 16.5. The summed E-state index contributed by atoms with van der Waals surface area (Å²) in [4.78, 5) is 25.7. The molecule has 3 rings (SSSR count). The maximum atomic E-state index is 11.8. The van der Waals surface area contributed by atoms with Crippen LogP contribution in [0.1, 0.15) is 12.8 Å². The molecule has 0 unspecified atom stereocenters.